The Morgan fingerprint density at radius 1 is 0.816 bits per heavy atom. The molecule has 0 N–H and O–H groups in total. The highest BCUT2D eigenvalue weighted by molar-refractivity contribution is 6.11. The van der Waals surface area contributed by atoms with E-state index in [0.717, 1.165) is 44.0 Å². The maximum Gasteiger partial charge on any atom is 0.356 e. The largest absolute Gasteiger partial charge is 0.469 e. The van der Waals surface area contributed by atoms with Gasteiger partial charge in [0, 0.05) is 6.92 Å². The Morgan fingerprint density at radius 2 is 1.41 bits per heavy atom. The van der Waals surface area contributed by atoms with E-state index in [2.05, 4.69) is 0 Å². The van der Waals surface area contributed by atoms with Crippen LogP contribution in [0.4, 0.5) is 0 Å². The summed E-state index contributed by atoms with van der Waals surface area (Å²) in [5.41, 5.74) is -2.17. The van der Waals surface area contributed by atoms with Crippen LogP contribution in [0.2, 0.25) is 0 Å². The van der Waals surface area contributed by atoms with Gasteiger partial charge in [-0.2, -0.15) is 5.01 Å². The average Bonchev–Trinajstić information content (AvgIpc) is 3.58. The molecule has 1 fully saturated rings. The zero-order valence-corrected chi connectivity index (χ0v) is 27.7. The maximum absolute atomic E-state index is 14.2. The van der Waals surface area contributed by atoms with Crippen molar-refractivity contribution in [2.45, 2.75) is 50.3 Å². The van der Waals surface area contributed by atoms with E-state index in [0.29, 0.717) is 5.56 Å². The Bertz CT molecular complexity index is 1580. The predicted octanol–water partition coefficient (Wildman–Crippen LogP) is 1.28. The summed E-state index contributed by atoms with van der Waals surface area (Å²) in [4.78, 5) is 80.6. The third kappa shape index (κ3) is 7.63. The summed E-state index contributed by atoms with van der Waals surface area (Å²) in [7, 11) is 4.11. The molecular weight excluding hydrogens is 644 g/mol. The van der Waals surface area contributed by atoms with E-state index in [9.17, 15) is 28.8 Å². The van der Waals surface area contributed by atoms with Crippen LogP contribution in [0.5, 0.6) is 0 Å². The van der Waals surface area contributed by atoms with Crippen molar-refractivity contribution >= 4 is 35.6 Å². The van der Waals surface area contributed by atoms with E-state index in [4.69, 9.17) is 33.2 Å². The first-order valence-corrected chi connectivity index (χ1v) is 15.1. The second-order valence-electron chi connectivity index (χ2n) is 11.0. The van der Waals surface area contributed by atoms with Crippen LogP contribution in [0.15, 0.2) is 71.9 Å². The van der Waals surface area contributed by atoms with Gasteiger partial charge in [-0.15, -0.1) is 0 Å². The van der Waals surface area contributed by atoms with E-state index in [1.807, 2.05) is 30.3 Å². The number of methoxy groups -OCH3 is 4. The molecule has 2 aromatic carbocycles. The molecule has 0 unspecified atom stereocenters. The highest BCUT2D eigenvalue weighted by Crippen LogP contribution is 2.48. The molecule has 2 aromatic rings. The van der Waals surface area contributed by atoms with Crippen LogP contribution in [0.3, 0.4) is 0 Å². The number of esters is 5. The molecule has 1 saturated heterocycles. The van der Waals surface area contributed by atoms with Gasteiger partial charge < -0.3 is 33.2 Å². The molecule has 4 rings (SSSR count). The highest BCUT2D eigenvalue weighted by Gasteiger charge is 2.69. The number of ether oxygens (including phenoxy) is 7. The van der Waals surface area contributed by atoms with Crippen molar-refractivity contribution in [3.05, 3.63) is 83.1 Å². The van der Waals surface area contributed by atoms with E-state index in [-0.39, 0.29) is 19.8 Å². The van der Waals surface area contributed by atoms with E-state index >= 15 is 0 Å². The van der Waals surface area contributed by atoms with Crippen LogP contribution in [0.1, 0.15) is 24.5 Å². The van der Waals surface area contributed by atoms with Gasteiger partial charge in [0.15, 0.2) is 23.1 Å². The lowest BCUT2D eigenvalue weighted by Crippen LogP contribution is -2.65. The van der Waals surface area contributed by atoms with Crippen LogP contribution in [-0.2, 0) is 75.1 Å². The van der Waals surface area contributed by atoms with Crippen molar-refractivity contribution < 1.29 is 61.9 Å². The highest BCUT2D eigenvalue weighted by atomic mass is 16.6. The number of benzene rings is 2. The lowest BCUT2D eigenvalue weighted by Gasteiger charge is -2.42. The Balaban J connectivity index is 1.91. The lowest BCUT2D eigenvalue weighted by molar-refractivity contribution is -0.188. The number of ketones is 1. The van der Waals surface area contributed by atoms with Crippen LogP contribution in [0.25, 0.3) is 0 Å². The molecule has 0 saturated carbocycles. The average molecular weight is 683 g/mol. The summed E-state index contributed by atoms with van der Waals surface area (Å²) in [6, 6.07) is 16.5. The number of hydrogen-bond donors (Lipinski definition) is 0. The van der Waals surface area contributed by atoms with Crippen molar-refractivity contribution in [2.75, 3.05) is 41.6 Å². The molecule has 2 aliphatic heterocycles. The van der Waals surface area contributed by atoms with Gasteiger partial charge >= 0.3 is 29.8 Å². The third-order valence-electron chi connectivity index (χ3n) is 8.05. The fourth-order valence-electron chi connectivity index (χ4n) is 6.00. The van der Waals surface area contributed by atoms with Crippen LogP contribution in [-0.4, -0.2) is 111 Å². The fourth-order valence-corrected chi connectivity index (χ4v) is 6.00. The minimum atomic E-state index is -2.50. The second-order valence-corrected chi connectivity index (χ2v) is 11.0. The topological polar surface area (TPSA) is 174 Å². The molecule has 2 heterocycles. The molecule has 0 radical (unpaired) electrons. The number of rotatable bonds is 15. The van der Waals surface area contributed by atoms with Crippen molar-refractivity contribution in [1.82, 2.24) is 10.0 Å². The van der Waals surface area contributed by atoms with Crippen molar-refractivity contribution in [2.24, 2.45) is 0 Å². The fraction of sp³-hybridized carbons (Fsp3) is 0.412. The number of hydrazine groups is 1. The summed E-state index contributed by atoms with van der Waals surface area (Å²) in [6.07, 6.45) is -3.62. The maximum atomic E-state index is 14.2. The van der Waals surface area contributed by atoms with Gasteiger partial charge in [-0.1, -0.05) is 60.7 Å². The molecule has 15 heteroatoms. The molecule has 15 nitrogen and oxygen atoms in total. The SMILES string of the molecule is COC(=O)C[C@@]1(C(=O)OC)C(C(=O)OC)=C(C(=O)OC)N2CC(=O)[C@H]([C@H](OCc3ccccc3)[C@@H](COCc3ccccc3)OC(C)=O)N21. The molecular formula is C34H38N2O13. The summed E-state index contributed by atoms with van der Waals surface area (Å²) in [5, 5.41) is 2.12. The first-order chi connectivity index (χ1) is 23.5. The number of hydrogen-bond acceptors (Lipinski definition) is 15. The Labute approximate surface area is 282 Å². The first-order valence-electron chi connectivity index (χ1n) is 15.1. The first kappa shape index (κ1) is 36.7. The number of Topliss-reactive ketones (excluding diaryl/α,β-unsaturated/α-hetero) is 1. The van der Waals surface area contributed by atoms with Gasteiger partial charge in [0.05, 0.1) is 61.2 Å². The number of carbonyl (C=O) groups is 6. The molecule has 0 spiro atoms. The summed E-state index contributed by atoms with van der Waals surface area (Å²) in [6.45, 7) is 0.295. The number of nitrogens with zero attached hydrogens (tertiary/aromatic N) is 2. The van der Waals surface area contributed by atoms with Crippen molar-refractivity contribution in [1.29, 1.82) is 0 Å². The predicted molar refractivity (Wildman–Crippen MR) is 166 cm³/mol. The minimum Gasteiger partial charge on any atom is -0.469 e. The third-order valence-corrected chi connectivity index (χ3v) is 8.05. The van der Waals surface area contributed by atoms with Crippen LogP contribution >= 0.6 is 0 Å². The molecule has 0 aliphatic carbocycles. The smallest absolute Gasteiger partial charge is 0.356 e. The van der Waals surface area contributed by atoms with Gasteiger partial charge in [-0.05, 0) is 11.1 Å². The summed E-state index contributed by atoms with van der Waals surface area (Å²) >= 11 is 0. The molecule has 0 aromatic heterocycles. The van der Waals surface area contributed by atoms with Crippen molar-refractivity contribution in [3.63, 3.8) is 0 Å². The Hall–Kier alpha value is -5.12. The molecule has 2 aliphatic rings. The standard InChI is InChI=1S/C34H38N2O13/c1-21(37)49-25(20-47-18-22-12-8-6-9-13-22)30(48-19-23-14-10-7-11-15-23)28-24(38)17-35-29(32(41)45-4)27(31(40)44-3)34(36(28)35,33(42)46-5)16-26(39)43-2/h6-15,25,28,30H,16-20H2,1-5H3/t25-,28-,30-,34+/m1/s1. The van der Waals surface area contributed by atoms with Crippen molar-refractivity contribution in [3.8, 4) is 0 Å². The van der Waals surface area contributed by atoms with Gasteiger partial charge in [-0.25, -0.2) is 14.4 Å². The molecule has 49 heavy (non-hydrogen) atoms. The molecule has 262 valence electrons. The van der Waals surface area contributed by atoms with Gasteiger partial charge in [0.1, 0.15) is 17.7 Å². The minimum absolute atomic E-state index is 0.105. The van der Waals surface area contributed by atoms with E-state index in [1.165, 1.54) is 6.92 Å². The Kier molecular flexibility index (Phi) is 12.2. The van der Waals surface area contributed by atoms with E-state index in [1.54, 1.807) is 30.3 Å². The number of carbonyl (C=O) groups excluding carboxylic acids is 6. The quantitative estimate of drug-likeness (QED) is 0.194. The number of fused-ring (bicyclic) bond motifs is 1. The lowest BCUT2D eigenvalue weighted by atomic mass is 9.83. The normalized spacial score (nSPS) is 19.9. The molecule has 0 amide bonds. The monoisotopic (exact) mass is 682 g/mol. The van der Waals surface area contributed by atoms with Gasteiger partial charge in [0.2, 0.25) is 0 Å². The zero-order chi connectivity index (χ0) is 35.7. The molecule has 0 bridgehead atoms. The molecule has 4 atom stereocenters. The Morgan fingerprint density at radius 3 is 1.94 bits per heavy atom. The van der Waals surface area contributed by atoms with E-state index < -0.39 is 83.7 Å². The second kappa shape index (κ2) is 16.3. The van der Waals surface area contributed by atoms with Crippen LogP contribution < -0.4 is 0 Å². The summed E-state index contributed by atoms with van der Waals surface area (Å²) in [5.74, 6) is -5.85. The van der Waals surface area contributed by atoms with Gasteiger partial charge in [0.25, 0.3) is 0 Å². The zero-order valence-electron chi connectivity index (χ0n) is 27.7. The van der Waals surface area contributed by atoms with Gasteiger partial charge in [-0.3, -0.25) is 19.4 Å². The summed E-state index contributed by atoms with van der Waals surface area (Å²) < 4.78 is 38.0. The van der Waals surface area contributed by atoms with Crippen LogP contribution in [0, 0.1) is 0 Å².